The van der Waals surface area contributed by atoms with Crippen LogP contribution in [0.25, 0.3) is 0 Å². The fraction of sp³-hybridized carbons (Fsp3) is 0.286. The Labute approximate surface area is 133 Å². The quantitative estimate of drug-likeness (QED) is 0.663. The second kappa shape index (κ2) is 6.28. The van der Waals surface area contributed by atoms with Crippen LogP contribution in [0, 0.1) is 5.92 Å². The van der Waals surface area contributed by atoms with E-state index in [1.54, 1.807) is 14.1 Å². The molecular formula is C14H15N3O2S2. The second-order valence-electron chi connectivity index (χ2n) is 4.71. The van der Waals surface area contributed by atoms with E-state index in [1.165, 1.54) is 9.80 Å². The molecule has 21 heavy (non-hydrogen) atoms. The van der Waals surface area contributed by atoms with E-state index in [-0.39, 0.29) is 10.1 Å². The summed E-state index contributed by atoms with van der Waals surface area (Å²) in [4.78, 5) is 27.2. The third-order valence-electron chi connectivity index (χ3n) is 3.30. The molecule has 0 atom stereocenters. The fourth-order valence-electron chi connectivity index (χ4n) is 2.02. The molecule has 0 saturated carbocycles. The standard InChI is InChI=1S/C14H15N3O2S2/c1-16-12(18)10(13(19)17(2)14(16)21)11(20)15-8-9-6-4-3-5-7-9/h3-7,10H,8H2,1-2H3,(H,15,20). The van der Waals surface area contributed by atoms with E-state index in [1.807, 2.05) is 30.3 Å². The maximum atomic E-state index is 12.2. The molecule has 0 aromatic heterocycles. The van der Waals surface area contributed by atoms with Crippen LogP contribution in [0.4, 0.5) is 0 Å². The second-order valence-corrected chi connectivity index (χ2v) is 5.52. The van der Waals surface area contributed by atoms with Crippen molar-refractivity contribution in [1.82, 2.24) is 15.1 Å². The number of hydrogen-bond donors (Lipinski definition) is 1. The predicted molar refractivity (Wildman–Crippen MR) is 87.5 cm³/mol. The van der Waals surface area contributed by atoms with Gasteiger partial charge in [0.05, 0.1) is 4.99 Å². The number of carbonyl (C=O) groups excluding carboxylic acids is 2. The summed E-state index contributed by atoms with van der Waals surface area (Å²) in [6.07, 6.45) is 0. The number of nitrogens with one attached hydrogen (secondary N) is 1. The lowest BCUT2D eigenvalue weighted by atomic mass is 10.0. The van der Waals surface area contributed by atoms with Crippen LogP contribution in [0.5, 0.6) is 0 Å². The van der Waals surface area contributed by atoms with Crippen LogP contribution in [-0.2, 0) is 16.1 Å². The Morgan fingerprint density at radius 2 is 1.67 bits per heavy atom. The number of thiocarbonyl (C=S) groups is 2. The molecule has 2 amide bonds. The summed E-state index contributed by atoms with van der Waals surface area (Å²) in [7, 11) is 3.08. The Morgan fingerprint density at radius 1 is 1.14 bits per heavy atom. The zero-order chi connectivity index (χ0) is 15.6. The first-order chi connectivity index (χ1) is 9.93. The summed E-state index contributed by atoms with van der Waals surface area (Å²) in [6.45, 7) is 0.467. The predicted octanol–water partition coefficient (Wildman–Crippen LogP) is 0.935. The highest BCUT2D eigenvalue weighted by Crippen LogP contribution is 2.16. The van der Waals surface area contributed by atoms with Crippen LogP contribution in [0.3, 0.4) is 0 Å². The molecule has 1 heterocycles. The summed E-state index contributed by atoms with van der Waals surface area (Å²) >= 11 is 10.3. The summed E-state index contributed by atoms with van der Waals surface area (Å²) < 4.78 is 0. The van der Waals surface area contributed by atoms with Crippen molar-refractivity contribution in [3.05, 3.63) is 35.9 Å². The third kappa shape index (κ3) is 3.08. The van der Waals surface area contributed by atoms with Gasteiger partial charge in [-0.3, -0.25) is 19.4 Å². The van der Waals surface area contributed by atoms with Crippen molar-refractivity contribution >= 4 is 46.4 Å². The van der Waals surface area contributed by atoms with Gasteiger partial charge in [0.2, 0.25) is 11.8 Å². The van der Waals surface area contributed by atoms with E-state index in [0.29, 0.717) is 6.54 Å². The monoisotopic (exact) mass is 321 g/mol. The Hall–Kier alpha value is -1.86. The van der Waals surface area contributed by atoms with E-state index < -0.39 is 17.7 Å². The van der Waals surface area contributed by atoms with E-state index in [9.17, 15) is 9.59 Å². The van der Waals surface area contributed by atoms with Crippen molar-refractivity contribution in [2.24, 2.45) is 5.92 Å². The average molecular weight is 321 g/mol. The first kappa shape index (κ1) is 15.5. The Bertz CT molecular complexity index is 579. The fourth-order valence-corrected chi connectivity index (χ4v) is 2.47. The largest absolute Gasteiger partial charge is 0.374 e. The van der Waals surface area contributed by atoms with E-state index in [2.05, 4.69) is 5.32 Å². The van der Waals surface area contributed by atoms with Crippen molar-refractivity contribution in [1.29, 1.82) is 0 Å². The minimum Gasteiger partial charge on any atom is -0.374 e. The van der Waals surface area contributed by atoms with Gasteiger partial charge in [0.15, 0.2) is 11.0 Å². The van der Waals surface area contributed by atoms with Gasteiger partial charge >= 0.3 is 0 Å². The number of nitrogens with zero attached hydrogens (tertiary/aromatic N) is 2. The molecule has 1 aliphatic heterocycles. The molecule has 0 unspecified atom stereocenters. The summed E-state index contributed by atoms with van der Waals surface area (Å²) in [6, 6.07) is 9.62. The van der Waals surface area contributed by atoms with Gasteiger partial charge in [-0.1, -0.05) is 42.5 Å². The Kier molecular flexibility index (Phi) is 4.64. The summed E-state index contributed by atoms with van der Waals surface area (Å²) in [5.41, 5.74) is 1.02. The first-order valence-electron chi connectivity index (χ1n) is 6.34. The van der Waals surface area contributed by atoms with Gasteiger partial charge < -0.3 is 5.32 Å². The minimum atomic E-state index is -1.01. The average Bonchev–Trinajstić information content (AvgIpc) is 2.50. The lowest BCUT2D eigenvalue weighted by Gasteiger charge is -2.35. The summed E-state index contributed by atoms with van der Waals surface area (Å²) in [5.74, 6) is -1.80. The molecule has 1 saturated heterocycles. The van der Waals surface area contributed by atoms with E-state index in [0.717, 1.165) is 5.56 Å². The number of carbonyl (C=O) groups is 2. The minimum absolute atomic E-state index is 0.187. The number of amides is 2. The molecule has 1 N–H and O–H groups in total. The Morgan fingerprint density at radius 3 is 2.19 bits per heavy atom. The molecule has 5 nitrogen and oxygen atoms in total. The molecule has 1 fully saturated rings. The van der Waals surface area contributed by atoms with Crippen LogP contribution < -0.4 is 5.32 Å². The van der Waals surface area contributed by atoms with Gasteiger partial charge in [-0.25, -0.2) is 0 Å². The number of hydrogen-bond acceptors (Lipinski definition) is 4. The third-order valence-corrected chi connectivity index (χ3v) is 4.23. The highest BCUT2D eigenvalue weighted by atomic mass is 32.1. The highest BCUT2D eigenvalue weighted by molar-refractivity contribution is 7.80. The molecule has 110 valence electrons. The molecule has 2 rings (SSSR count). The van der Waals surface area contributed by atoms with Crippen LogP contribution >= 0.6 is 24.4 Å². The molecular weight excluding hydrogens is 306 g/mol. The van der Waals surface area contributed by atoms with Crippen LogP contribution in [0.2, 0.25) is 0 Å². The molecule has 0 aliphatic carbocycles. The smallest absolute Gasteiger partial charge is 0.248 e. The molecule has 0 radical (unpaired) electrons. The zero-order valence-corrected chi connectivity index (χ0v) is 13.3. The van der Waals surface area contributed by atoms with E-state index >= 15 is 0 Å². The van der Waals surface area contributed by atoms with Gasteiger partial charge in [-0.05, 0) is 17.8 Å². The topological polar surface area (TPSA) is 52.7 Å². The number of rotatable bonds is 3. The lowest BCUT2D eigenvalue weighted by Crippen LogP contribution is -2.60. The number of benzene rings is 1. The van der Waals surface area contributed by atoms with Crippen LogP contribution in [0.1, 0.15) is 5.56 Å². The first-order valence-corrected chi connectivity index (χ1v) is 7.16. The molecule has 1 aliphatic rings. The normalized spacial score (nSPS) is 16.4. The Balaban J connectivity index is 2.09. The van der Waals surface area contributed by atoms with Crippen molar-refractivity contribution in [2.45, 2.75) is 6.54 Å². The zero-order valence-electron chi connectivity index (χ0n) is 11.7. The van der Waals surface area contributed by atoms with Gasteiger partial charge in [-0.15, -0.1) is 0 Å². The van der Waals surface area contributed by atoms with Crippen molar-refractivity contribution in [3.8, 4) is 0 Å². The maximum absolute atomic E-state index is 12.2. The SMILES string of the molecule is CN1C(=O)C(C(=S)NCc2ccccc2)C(=O)N(C)C1=S. The van der Waals surface area contributed by atoms with E-state index in [4.69, 9.17) is 24.4 Å². The maximum Gasteiger partial charge on any atom is 0.248 e. The van der Waals surface area contributed by atoms with Crippen molar-refractivity contribution in [3.63, 3.8) is 0 Å². The van der Waals surface area contributed by atoms with Gasteiger partial charge in [0.25, 0.3) is 0 Å². The molecule has 7 heteroatoms. The molecule has 0 spiro atoms. The van der Waals surface area contributed by atoms with Gasteiger partial charge in [-0.2, -0.15) is 0 Å². The molecule has 1 aromatic rings. The van der Waals surface area contributed by atoms with Crippen LogP contribution in [-0.4, -0.2) is 45.8 Å². The van der Waals surface area contributed by atoms with Crippen LogP contribution in [0.15, 0.2) is 30.3 Å². The lowest BCUT2D eigenvalue weighted by molar-refractivity contribution is -0.142. The van der Waals surface area contributed by atoms with Crippen molar-refractivity contribution < 1.29 is 9.59 Å². The summed E-state index contributed by atoms with van der Waals surface area (Å²) in [5, 5.41) is 3.17. The molecule has 1 aromatic carbocycles. The highest BCUT2D eigenvalue weighted by Gasteiger charge is 2.42. The molecule has 0 bridgehead atoms. The van der Waals surface area contributed by atoms with Gasteiger partial charge in [0, 0.05) is 20.6 Å². The van der Waals surface area contributed by atoms with Crippen molar-refractivity contribution in [2.75, 3.05) is 14.1 Å². The van der Waals surface area contributed by atoms with Gasteiger partial charge in [0.1, 0.15) is 0 Å².